The van der Waals surface area contributed by atoms with E-state index in [4.69, 9.17) is 0 Å². The molecule has 2 aromatic carbocycles. The van der Waals surface area contributed by atoms with Crippen molar-refractivity contribution in [2.24, 2.45) is 0 Å². The molecule has 0 saturated heterocycles. The molecule has 0 aromatic heterocycles. The zero-order valence-corrected chi connectivity index (χ0v) is 15.0. The van der Waals surface area contributed by atoms with E-state index < -0.39 is 28.0 Å². The topological polar surface area (TPSA) is 84.5 Å². The molecule has 27 heavy (non-hydrogen) atoms. The molecule has 146 valence electrons. The Bertz CT molecular complexity index is 897. The van der Waals surface area contributed by atoms with E-state index >= 15 is 0 Å². The van der Waals surface area contributed by atoms with Crippen LogP contribution in [0.4, 0.5) is 18.9 Å². The van der Waals surface area contributed by atoms with Crippen molar-refractivity contribution in [3.8, 4) is 5.75 Å². The summed E-state index contributed by atoms with van der Waals surface area (Å²) in [6, 6.07) is 9.75. The molecule has 0 fully saturated rings. The van der Waals surface area contributed by atoms with Crippen molar-refractivity contribution in [3.63, 3.8) is 0 Å². The Morgan fingerprint density at radius 2 is 1.70 bits per heavy atom. The van der Waals surface area contributed by atoms with Gasteiger partial charge in [-0.15, -0.1) is 13.2 Å². The zero-order chi connectivity index (χ0) is 20.1. The summed E-state index contributed by atoms with van der Waals surface area (Å²) in [4.78, 5) is 11.9. The highest BCUT2D eigenvalue weighted by atomic mass is 32.2. The van der Waals surface area contributed by atoms with Crippen LogP contribution in [-0.2, 0) is 10.0 Å². The van der Waals surface area contributed by atoms with Crippen LogP contribution >= 0.6 is 0 Å². The van der Waals surface area contributed by atoms with Gasteiger partial charge in [0.15, 0.2) is 0 Å². The third-order valence-corrected chi connectivity index (χ3v) is 4.70. The monoisotopic (exact) mass is 402 g/mol. The van der Waals surface area contributed by atoms with Gasteiger partial charge in [-0.2, -0.15) is 0 Å². The van der Waals surface area contributed by atoms with Crippen molar-refractivity contribution in [2.45, 2.75) is 24.6 Å². The van der Waals surface area contributed by atoms with Crippen LogP contribution in [0.3, 0.4) is 0 Å². The number of hydrogen-bond donors (Lipinski definition) is 2. The molecule has 6 nitrogen and oxygen atoms in total. The highest BCUT2D eigenvalue weighted by molar-refractivity contribution is 7.92. The number of hydrogen-bond acceptors (Lipinski definition) is 4. The van der Waals surface area contributed by atoms with Crippen LogP contribution in [-0.4, -0.2) is 27.2 Å². The molecular weight excluding hydrogens is 385 g/mol. The summed E-state index contributed by atoms with van der Waals surface area (Å²) in [6.07, 6.45) is -4.16. The second-order valence-corrected chi connectivity index (χ2v) is 7.11. The molecule has 2 N–H and O–H groups in total. The quantitative estimate of drug-likeness (QED) is 0.742. The summed E-state index contributed by atoms with van der Waals surface area (Å²) >= 11 is 0. The van der Waals surface area contributed by atoms with E-state index in [1.54, 1.807) is 12.1 Å². The second kappa shape index (κ2) is 8.30. The summed E-state index contributed by atoms with van der Waals surface area (Å²) in [6.45, 7) is 2.31. The fraction of sp³-hybridized carbons (Fsp3) is 0.235. The number of rotatable bonds is 7. The van der Waals surface area contributed by atoms with E-state index in [0.29, 0.717) is 13.0 Å². The average molecular weight is 402 g/mol. The molecule has 0 atom stereocenters. The average Bonchev–Trinajstić information content (AvgIpc) is 2.59. The van der Waals surface area contributed by atoms with Gasteiger partial charge in [-0.25, -0.2) is 8.42 Å². The van der Waals surface area contributed by atoms with Gasteiger partial charge in [0.05, 0.1) is 16.1 Å². The number of ether oxygens (including phenoxy) is 1. The lowest BCUT2D eigenvalue weighted by atomic mass is 10.1. The van der Waals surface area contributed by atoms with Gasteiger partial charge in [-0.05, 0) is 42.8 Å². The highest BCUT2D eigenvalue weighted by Crippen LogP contribution is 2.25. The lowest BCUT2D eigenvalue weighted by Gasteiger charge is -2.13. The van der Waals surface area contributed by atoms with Crippen molar-refractivity contribution < 1.29 is 31.1 Å². The first-order chi connectivity index (χ1) is 12.6. The number of carbonyl (C=O) groups excluding carboxylic acids is 1. The normalized spacial score (nSPS) is 11.7. The van der Waals surface area contributed by atoms with Crippen molar-refractivity contribution >= 4 is 21.6 Å². The molecule has 0 aliphatic carbocycles. The second-order valence-electron chi connectivity index (χ2n) is 5.43. The Hall–Kier alpha value is -2.75. The molecule has 0 aliphatic heterocycles. The minimum Gasteiger partial charge on any atom is -0.406 e. The van der Waals surface area contributed by atoms with Crippen molar-refractivity contribution in [2.75, 3.05) is 11.3 Å². The molecule has 0 saturated carbocycles. The third-order valence-electron chi connectivity index (χ3n) is 3.32. The molecule has 2 rings (SSSR count). The molecule has 0 spiro atoms. The van der Waals surface area contributed by atoms with Crippen LogP contribution in [0.25, 0.3) is 0 Å². The van der Waals surface area contributed by atoms with E-state index in [1.165, 1.54) is 12.1 Å². The largest absolute Gasteiger partial charge is 0.573 e. The van der Waals surface area contributed by atoms with E-state index in [2.05, 4.69) is 14.8 Å². The first-order valence-electron chi connectivity index (χ1n) is 7.88. The highest BCUT2D eigenvalue weighted by Gasteiger charge is 2.31. The predicted molar refractivity (Wildman–Crippen MR) is 93.0 cm³/mol. The number of sulfonamides is 1. The van der Waals surface area contributed by atoms with Gasteiger partial charge in [-0.1, -0.05) is 19.1 Å². The number of carbonyl (C=O) groups is 1. The van der Waals surface area contributed by atoms with Crippen LogP contribution < -0.4 is 14.8 Å². The number of benzene rings is 2. The van der Waals surface area contributed by atoms with Crippen LogP contribution in [0.2, 0.25) is 0 Å². The maximum Gasteiger partial charge on any atom is 0.573 e. The third kappa shape index (κ3) is 5.88. The molecule has 0 unspecified atom stereocenters. The van der Waals surface area contributed by atoms with Gasteiger partial charge in [0, 0.05) is 6.54 Å². The van der Waals surface area contributed by atoms with Crippen molar-refractivity contribution in [1.82, 2.24) is 5.32 Å². The Balaban J connectivity index is 2.23. The molecule has 0 bridgehead atoms. The fourth-order valence-corrected chi connectivity index (χ4v) is 3.21. The van der Waals surface area contributed by atoms with E-state index in [9.17, 15) is 26.4 Å². The lowest BCUT2D eigenvalue weighted by molar-refractivity contribution is -0.274. The molecule has 2 aromatic rings. The molecule has 10 heteroatoms. The van der Waals surface area contributed by atoms with Crippen molar-refractivity contribution in [1.29, 1.82) is 0 Å². The zero-order valence-electron chi connectivity index (χ0n) is 14.2. The summed E-state index contributed by atoms with van der Waals surface area (Å²) in [5.74, 6) is -0.982. The molecule has 0 heterocycles. The van der Waals surface area contributed by atoms with E-state index in [-0.39, 0.29) is 16.1 Å². The van der Waals surface area contributed by atoms with Crippen LogP contribution in [0.15, 0.2) is 53.4 Å². The van der Waals surface area contributed by atoms with Crippen LogP contribution in [0.5, 0.6) is 5.75 Å². The van der Waals surface area contributed by atoms with Gasteiger partial charge in [-0.3, -0.25) is 9.52 Å². The van der Waals surface area contributed by atoms with Gasteiger partial charge >= 0.3 is 6.36 Å². The number of amides is 1. The molecule has 0 aliphatic rings. The van der Waals surface area contributed by atoms with Gasteiger partial charge in [0.1, 0.15) is 5.75 Å². The standard InChI is InChI=1S/C17H17F3N2O4S/c1-2-11-21-16(23)14-5-3-4-6-15(14)22-27(24,25)13-9-7-12(8-10-13)26-17(18,19)20/h3-10,22H,2,11H2,1H3,(H,21,23). The summed E-state index contributed by atoms with van der Waals surface area (Å²) in [7, 11) is -4.12. The SMILES string of the molecule is CCCNC(=O)c1ccccc1NS(=O)(=O)c1ccc(OC(F)(F)F)cc1. The maximum absolute atomic E-state index is 12.5. The maximum atomic E-state index is 12.5. The summed E-state index contributed by atoms with van der Waals surface area (Å²) in [5.41, 5.74) is 0.188. The first kappa shape index (κ1) is 20.6. The summed E-state index contributed by atoms with van der Waals surface area (Å²) in [5, 5.41) is 2.65. The van der Waals surface area contributed by atoms with Gasteiger partial charge < -0.3 is 10.1 Å². The van der Waals surface area contributed by atoms with Crippen LogP contribution in [0, 0.1) is 0 Å². The van der Waals surface area contributed by atoms with Gasteiger partial charge in [0.25, 0.3) is 15.9 Å². The van der Waals surface area contributed by atoms with Gasteiger partial charge in [0.2, 0.25) is 0 Å². The first-order valence-corrected chi connectivity index (χ1v) is 9.36. The minimum absolute atomic E-state index is 0.0571. The van der Waals surface area contributed by atoms with Crippen molar-refractivity contribution in [3.05, 3.63) is 54.1 Å². The lowest BCUT2D eigenvalue weighted by Crippen LogP contribution is -2.25. The Kier molecular flexibility index (Phi) is 6.32. The molecule has 1 amide bonds. The molecular formula is C17H17F3N2O4S. The van der Waals surface area contributed by atoms with E-state index in [0.717, 1.165) is 24.3 Å². The Labute approximate surface area is 154 Å². The van der Waals surface area contributed by atoms with Crippen LogP contribution in [0.1, 0.15) is 23.7 Å². The number of alkyl halides is 3. The number of halogens is 3. The number of anilines is 1. The number of nitrogens with one attached hydrogen (secondary N) is 2. The van der Waals surface area contributed by atoms with E-state index in [1.807, 2.05) is 6.92 Å². The Morgan fingerprint density at radius 1 is 1.07 bits per heavy atom. The Morgan fingerprint density at radius 3 is 2.30 bits per heavy atom. The minimum atomic E-state index is -4.87. The molecule has 0 radical (unpaired) electrons. The summed E-state index contributed by atoms with van der Waals surface area (Å²) < 4.78 is 67.5. The smallest absolute Gasteiger partial charge is 0.406 e. The fourth-order valence-electron chi connectivity index (χ4n) is 2.13. The predicted octanol–water partition coefficient (Wildman–Crippen LogP) is 3.53. The number of para-hydroxylation sites is 1.